The number of nitrogens with two attached hydrogens (primary N) is 1. The molecule has 3 rings (SSSR count). The molecule has 1 saturated carbocycles. The summed E-state index contributed by atoms with van der Waals surface area (Å²) in [5.41, 5.74) is 8.30. The lowest BCUT2D eigenvalue weighted by Gasteiger charge is -2.26. The van der Waals surface area contributed by atoms with Crippen molar-refractivity contribution in [3.8, 4) is 0 Å². The molecule has 0 saturated heterocycles. The van der Waals surface area contributed by atoms with Gasteiger partial charge in [0.25, 0.3) is 0 Å². The number of aliphatic imine (C=N–C) groups is 1. The first-order valence-electron chi connectivity index (χ1n) is 6.29. The Morgan fingerprint density at radius 1 is 1.35 bits per heavy atom. The summed E-state index contributed by atoms with van der Waals surface area (Å²) in [5.74, 6) is 0.804. The molecule has 1 fully saturated rings. The van der Waals surface area contributed by atoms with Gasteiger partial charge in [0, 0.05) is 11.6 Å². The van der Waals surface area contributed by atoms with E-state index in [4.69, 9.17) is 10.5 Å². The van der Waals surface area contributed by atoms with Gasteiger partial charge in [-0.1, -0.05) is 17.7 Å². The minimum atomic E-state index is 0.255. The van der Waals surface area contributed by atoms with E-state index in [1.165, 1.54) is 5.56 Å². The zero-order valence-corrected chi connectivity index (χ0v) is 10.1. The van der Waals surface area contributed by atoms with Gasteiger partial charge in [0.05, 0.1) is 6.04 Å². The zero-order chi connectivity index (χ0) is 11.8. The van der Waals surface area contributed by atoms with E-state index in [0.29, 0.717) is 6.04 Å². The van der Waals surface area contributed by atoms with Crippen molar-refractivity contribution in [3.63, 3.8) is 0 Å². The first kappa shape index (κ1) is 10.8. The molecule has 2 aliphatic rings. The molecule has 3 heteroatoms. The second-order valence-electron chi connectivity index (χ2n) is 5.10. The summed E-state index contributed by atoms with van der Waals surface area (Å²) < 4.78 is 5.95. The van der Waals surface area contributed by atoms with E-state index in [1.54, 1.807) is 0 Å². The standard InChI is InChI=1S/C14H18N2O/c1-9-3-2-4-10(7-9)14-16-12-8-11(15)5-6-13(12)17-14/h2-4,7,11-13H,5-6,8,15H2,1H3. The van der Waals surface area contributed by atoms with Gasteiger partial charge in [-0.2, -0.15) is 0 Å². The summed E-state index contributed by atoms with van der Waals surface area (Å²) in [7, 11) is 0. The van der Waals surface area contributed by atoms with Crippen molar-refractivity contribution in [2.45, 2.75) is 44.4 Å². The van der Waals surface area contributed by atoms with E-state index in [9.17, 15) is 0 Å². The molecule has 0 aromatic heterocycles. The fraction of sp³-hybridized carbons (Fsp3) is 0.500. The van der Waals surface area contributed by atoms with Gasteiger partial charge in [-0.15, -0.1) is 0 Å². The highest BCUT2D eigenvalue weighted by Crippen LogP contribution is 2.29. The van der Waals surface area contributed by atoms with E-state index >= 15 is 0 Å². The third kappa shape index (κ3) is 2.07. The van der Waals surface area contributed by atoms with Crippen LogP contribution < -0.4 is 5.73 Å². The fourth-order valence-corrected chi connectivity index (χ4v) is 2.67. The predicted octanol–water partition coefficient (Wildman–Crippen LogP) is 2.02. The lowest BCUT2D eigenvalue weighted by atomic mass is 9.90. The lowest BCUT2D eigenvalue weighted by molar-refractivity contribution is 0.145. The number of fused-ring (bicyclic) bond motifs is 1. The minimum Gasteiger partial charge on any atom is -0.472 e. The second kappa shape index (κ2) is 4.15. The molecule has 1 aliphatic carbocycles. The van der Waals surface area contributed by atoms with Crippen molar-refractivity contribution >= 4 is 5.90 Å². The van der Waals surface area contributed by atoms with Crippen molar-refractivity contribution in [2.24, 2.45) is 10.7 Å². The number of nitrogens with zero attached hydrogens (tertiary/aromatic N) is 1. The minimum absolute atomic E-state index is 0.255. The van der Waals surface area contributed by atoms with E-state index in [2.05, 4.69) is 30.1 Å². The number of rotatable bonds is 1. The van der Waals surface area contributed by atoms with Crippen LogP contribution in [0.1, 0.15) is 30.4 Å². The summed E-state index contributed by atoms with van der Waals surface area (Å²) >= 11 is 0. The summed E-state index contributed by atoms with van der Waals surface area (Å²) in [6.07, 6.45) is 3.30. The molecule has 0 amide bonds. The van der Waals surface area contributed by atoms with Crippen LogP contribution in [0.15, 0.2) is 29.3 Å². The smallest absolute Gasteiger partial charge is 0.216 e. The summed E-state index contributed by atoms with van der Waals surface area (Å²) in [6.45, 7) is 2.09. The molecule has 3 nitrogen and oxygen atoms in total. The average molecular weight is 230 g/mol. The lowest BCUT2D eigenvalue weighted by Crippen LogP contribution is -2.37. The number of hydrogen-bond acceptors (Lipinski definition) is 3. The third-order valence-electron chi connectivity index (χ3n) is 3.61. The highest BCUT2D eigenvalue weighted by atomic mass is 16.5. The quantitative estimate of drug-likeness (QED) is 0.802. The molecule has 1 heterocycles. The van der Waals surface area contributed by atoms with E-state index < -0.39 is 0 Å². The molecule has 2 N–H and O–H groups in total. The van der Waals surface area contributed by atoms with Crippen LogP contribution >= 0.6 is 0 Å². The monoisotopic (exact) mass is 230 g/mol. The van der Waals surface area contributed by atoms with Crippen LogP contribution in [0.3, 0.4) is 0 Å². The Morgan fingerprint density at radius 3 is 3.06 bits per heavy atom. The van der Waals surface area contributed by atoms with Crippen molar-refractivity contribution in [1.82, 2.24) is 0 Å². The van der Waals surface area contributed by atoms with E-state index in [-0.39, 0.29) is 12.1 Å². The van der Waals surface area contributed by atoms with Gasteiger partial charge in [0.15, 0.2) is 0 Å². The maximum atomic E-state index is 5.97. The topological polar surface area (TPSA) is 47.6 Å². The van der Waals surface area contributed by atoms with Crippen LogP contribution in [0, 0.1) is 6.92 Å². The SMILES string of the molecule is Cc1cccc(C2=NC3CC(N)CCC3O2)c1. The van der Waals surface area contributed by atoms with Gasteiger partial charge >= 0.3 is 0 Å². The van der Waals surface area contributed by atoms with Crippen molar-refractivity contribution in [3.05, 3.63) is 35.4 Å². The Bertz CT molecular complexity index is 455. The number of ether oxygens (including phenoxy) is 1. The van der Waals surface area contributed by atoms with Crippen LogP contribution in [0.5, 0.6) is 0 Å². The van der Waals surface area contributed by atoms with Crippen molar-refractivity contribution in [1.29, 1.82) is 0 Å². The van der Waals surface area contributed by atoms with Gasteiger partial charge in [0.2, 0.25) is 5.90 Å². The van der Waals surface area contributed by atoms with Gasteiger partial charge in [-0.25, -0.2) is 4.99 Å². The van der Waals surface area contributed by atoms with Crippen molar-refractivity contribution in [2.75, 3.05) is 0 Å². The molecule has 3 unspecified atom stereocenters. The molecule has 0 radical (unpaired) electrons. The van der Waals surface area contributed by atoms with Crippen LogP contribution in [0.2, 0.25) is 0 Å². The normalized spacial score (nSPS) is 31.6. The number of hydrogen-bond donors (Lipinski definition) is 1. The Hall–Kier alpha value is -1.35. The van der Waals surface area contributed by atoms with Crippen LogP contribution in [0.25, 0.3) is 0 Å². The van der Waals surface area contributed by atoms with Gasteiger partial charge in [-0.05, 0) is 38.3 Å². The average Bonchev–Trinajstić information content (AvgIpc) is 2.72. The summed E-state index contributed by atoms with van der Waals surface area (Å²) in [4.78, 5) is 4.69. The maximum absolute atomic E-state index is 5.97. The molecule has 17 heavy (non-hydrogen) atoms. The van der Waals surface area contributed by atoms with Gasteiger partial charge in [-0.3, -0.25) is 0 Å². The number of benzene rings is 1. The molecule has 1 aromatic carbocycles. The first-order valence-corrected chi connectivity index (χ1v) is 6.29. The molecule has 1 aliphatic heterocycles. The predicted molar refractivity (Wildman–Crippen MR) is 68.2 cm³/mol. The van der Waals surface area contributed by atoms with Crippen LogP contribution in [0.4, 0.5) is 0 Å². The Balaban J connectivity index is 1.84. The Morgan fingerprint density at radius 2 is 2.24 bits per heavy atom. The zero-order valence-electron chi connectivity index (χ0n) is 10.1. The van der Waals surface area contributed by atoms with E-state index in [1.807, 2.05) is 6.07 Å². The third-order valence-corrected chi connectivity index (χ3v) is 3.61. The fourth-order valence-electron chi connectivity index (χ4n) is 2.67. The highest BCUT2D eigenvalue weighted by Gasteiger charge is 2.36. The molecular weight excluding hydrogens is 212 g/mol. The second-order valence-corrected chi connectivity index (χ2v) is 5.10. The largest absolute Gasteiger partial charge is 0.472 e. The highest BCUT2D eigenvalue weighted by molar-refractivity contribution is 5.95. The maximum Gasteiger partial charge on any atom is 0.216 e. The molecule has 0 spiro atoms. The number of aryl methyl sites for hydroxylation is 1. The Labute approximate surface area is 102 Å². The first-order chi connectivity index (χ1) is 8.22. The molecule has 90 valence electrons. The molecular formula is C14H18N2O. The van der Waals surface area contributed by atoms with Crippen LogP contribution in [-0.4, -0.2) is 24.1 Å². The summed E-state index contributed by atoms with van der Waals surface area (Å²) in [6, 6.07) is 8.88. The van der Waals surface area contributed by atoms with Gasteiger partial charge in [0.1, 0.15) is 6.10 Å². The summed E-state index contributed by atoms with van der Waals surface area (Å²) in [5, 5.41) is 0. The van der Waals surface area contributed by atoms with Crippen LogP contribution in [-0.2, 0) is 4.74 Å². The van der Waals surface area contributed by atoms with E-state index in [0.717, 1.165) is 30.7 Å². The molecule has 3 atom stereocenters. The Kier molecular flexibility index (Phi) is 2.63. The molecule has 0 bridgehead atoms. The van der Waals surface area contributed by atoms with Gasteiger partial charge < -0.3 is 10.5 Å². The molecule has 1 aromatic rings. The van der Waals surface area contributed by atoms with Crippen molar-refractivity contribution < 1.29 is 4.74 Å².